The number of carbonyl (C=O) groups excluding carboxylic acids is 2. The van der Waals surface area contributed by atoms with Gasteiger partial charge in [0, 0.05) is 17.0 Å². The van der Waals surface area contributed by atoms with Crippen molar-refractivity contribution in [3.8, 4) is 11.5 Å². The maximum atomic E-state index is 14.1. The molecule has 1 aliphatic heterocycles. The van der Waals surface area contributed by atoms with Crippen LogP contribution in [0.15, 0.2) is 71.3 Å². The fourth-order valence-electron chi connectivity index (χ4n) is 4.90. The standard InChI is InChI=1S/C32H32FNO5S/c1-2-8-27-28(14-13-26-22(20-39-29(26)27)12-11-21-9-4-3-5-10-21)38-16-7-6-15-37-25-18-23(17-24(33)19-25)30-31(35)34-32(36)40-30/h3-5,9-10,13-14,17-20,30H,2,6-8,11-12,15-16H2,1H3,(H,34,35,36). The third-order valence-corrected chi connectivity index (χ3v) is 7.90. The molecule has 2 amide bonds. The summed E-state index contributed by atoms with van der Waals surface area (Å²) in [5, 5.41) is 2.17. The van der Waals surface area contributed by atoms with Crippen molar-refractivity contribution in [1.82, 2.24) is 5.32 Å². The van der Waals surface area contributed by atoms with Gasteiger partial charge in [-0.3, -0.25) is 14.9 Å². The second-order valence-corrected chi connectivity index (χ2v) is 10.9. The Morgan fingerprint density at radius 2 is 1.75 bits per heavy atom. The minimum Gasteiger partial charge on any atom is -0.493 e. The van der Waals surface area contributed by atoms with Crippen LogP contribution in [0.1, 0.15) is 53.7 Å². The van der Waals surface area contributed by atoms with Crippen LogP contribution in [-0.2, 0) is 24.1 Å². The van der Waals surface area contributed by atoms with Crippen molar-refractivity contribution in [2.45, 2.75) is 50.7 Å². The van der Waals surface area contributed by atoms with Crippen molar-refractivity contribution in [3.05, 3.63) is 95.0 Å². The largest absolute Gasteiger partial charge is 0.493 e. The Kier molecular flexibility index (Phi) is 9.06. The van der Waals surface area contributed by atoms with Gasteiger partial charge in [-0.05, 0) is 84.8 Å². The zero-order valence-electron chi connectivity index (χ0n) is 22.4. The van der Waals surface area contributed by atoms with Gasteiger partial charge >= 0.3 is 0 Å². The molecule has 1 fully saturated rings. The fourth-order valence-corrected chi connectivity index (χ4v) is 5.71. The average molecular weight is 562 g/mol. The molecule has 1 atom stereocenters. The topological polar surface area (TPSA) is 77.8 Å². The van der Waals surface area contributed by atoms with Crippen molar-refractivity contribution in [1.29, 1.82) is 0 Å². The molecular formula is C32H32FNO5S. The summed E-state index contributed by atoms with van der Waals surface area (Å²) >= 11 is 0.840. The molecule has 208 valence electrons. The van der Waals surface area contributed by atoms with Gasteiger partial charge in [0.05, 0.1) is 19.5 Å². The van der Waals surface area contributed by atoms with Crippen molar-refractivity contribution >= 4 is 33.9 Å². The number of nitrogens with one attached hydrogen (secondary N) is 1. The SMILES string of the molecule is CCCc1c(OCCCCOc2cc(F)cc(C3SC(=O)NC3=O)c2)ccc2c(CCc3ccccc3)coc12. The number of thioether (sulfide) groups is 1. The zero-order chi connectivity index (χ0) is 27.9. The molecule has 5 rings (SSSR count). The van der Waals surface area contributed by atoms with Crippen LogP contribution in [0, 0.1) is 5.82 Å². The van der Waals surface area contributed by atoms with E-state index in [1.54, 1.807) is 6.07 Å². The van der Waals surface area contributed by atoms with E-state index in [4.69, 9.17) is 13.9 Å². The van der Waals surface area contributed by atoms with Crippen LogP contribution in [0.3, 0.4) is 0 Å². The summed E-state index contributed by atoms with van der Waals surface area (Å²) < 4.78 is 32.1. The summed E-state index contributed by atoms with van der Waals surface area (Å²) in [7, 11) is 0. The summed E-state index contributed by atoms with van der Waals surface area (Å²) in [5.41, 5.74) is 4.93. The molecule has 1 aliphatic rings. The number of halogens is 1. The maximum Gasteiger partial charge on any atom is 0.286 e. The van der Waals surface area contributed by atoms with Gasteiger partial charge in [-0.25, -0.2) is 4.39 Å². The molecule has 3 aromatic carbocycles. The summed E-state index contributed by atoms with van der Waals surface area (Å²) in [6, 6.07) is 18.7. The van der Waals surface area contributed by atoms with Crippen molar-refractivity contribution in [2.24, 2.45) is 0 Å². The number of amides is 2. The molecule has 2 heterocycles. The monoisotopic (exact) mass is 561 g/mol. The third kappa shape index (κ3) is 6.67. The van der Waals surface area contributed by atoms with Crippen LogP contribution < -0.4 is 14.8 Å². The molecule has 8 heteroatoms. The first-order chi connectivity index (χ1) is 19.5. The van der Waals surface area contributed by atoms with Crippen LogP contribution >= 0.6 is 11.8 Å². The van der Waals surface area contributed by atoms with E-state index < -0.39 is 22.2 Å². The Morgan fingerprint density at radius 1 is 0.950 bits per heavy atom. The number of hydrogen-bond acceptors (Lipinski definition) is 6. The minimum atomic E-state index is -0.761. The highest BCUT2D eigenvalue weighted by Crippen LogP contribution is 2.36. The molecule has 0 aliphatic carbocycles. The second kappa shape index (κ2) is 13.0. The van der Waals surface area contributed by atoms with Gasteiger partial charge in [-0.1, -0.05) is 43.7 Å². The Morgan fingerprint density at radius 3 is 2.50 bits per heavy atom. The molecular weight excluding hydrogens is 529 g/mol. The second-order valence-electron chi connectivity index (χ2n) is 9.81. The molecule has 1 unspecified atom stereocenters. The molecule has 1 saturated heterocycles. The van der Waals surface area contributed by atoms with E-state index in [2.05, 4.69) is 42.6 Å². The van der Waals surface area contributed by atoms with Crippen molar-refractivity contribution < 1.29 is 27.9 Å². The van der Waals surface area contributed by atoms with Crippen molar-refractivity contribution in [3.63, 3.8) is 0 Å². The lowest BCUT2D eigenvalue weighted by Crippen LogP contribution is -2.20. The number of furan rings is 1. The van der Waals surface area contributed by atoms with Crippen LogP contribution in [0.2, 0.25) is 0 Å². The number of rotatable bonds is 13. The third-order valence-electron chi connectivity index (χ3n) is 6.86. The Labute approximate surface area is 237 Å². The highest BCUT2D eigenvalue weighted by molar-refractivity contribution is 8.15. The molecule has 0 saturated carbocycles. The molecule has 0 bridgehead atoms. The lowest BCUT2D eigenvalue weighted by Gasteiger charge is -2.13. The van der Waals surface area contributed by atoms with E-state index >= 15 is 0 Å². The van der Waals surface area contributed by atoms with E-state index in [9.17, 15) is 14.0 Å². The first-order valence-electron chi connectivity index (χ1n) is 13.6. The quantitative estimate of drug-likeness (QED) is 0.170. The molecule has 6 nitrogen and oxygen atoms in total. The van der Waals surface area contributed by atoms with Gasteiger partial charge in [0.1, 0.15) is 28.1 Å². The predicted molar refractivity (Wildman–Crippen MR) is 155 cm³/mol. The van der Waals surface area contributed by atoms with Crippen LogP contribution in [0.5, 0.6) is 11.5 Å². The molecule has 40 heavy (non-hydrogen) atoms. The number of imide groups is 1. The van der Waals surface area contributed by atoms with Gasteiger partial charge < -0.3 is 13.9 Å². The average Bonchev–Trinajstić information content (AvgIpc) is 3.52. The number of hydrogen-bond donors (Lipinski definition) is 1. The molecule has 0 spiro atoms. The molecule has 4 aromatic rings. The summed E-state index contributed by atoms with van der Waals surface area (Å²) in [6.45, 7) is 3.04. The van der Waals surface area contributed by atoms with Crippen molar-refractivity contribution in [2.75, 3.05) is 13.2 Å². The molecule has 0 radical (unpaired) electrons. The predicted octanol–water partition coefficient (Wildman–Crippen LogP) is 7.57. The number of aryl methyl sites for hydroxylation is 3. The normalized spacial score (nSPS) is 15.0. The van der Waals surface area contributed by atoms with E-state index in [1.165, 1.54) is 23.3 Å². The van der Waals surface area contributed by atoms with E-state index in [1.807, 2.05) is 18.4 Å². The lowest BCUT2D eigenvalue weighted by atomic mass is 10.0. The number of carbonyl (C=O) groups is 2. The van der Waals surface area contributed by atoms with Gasteiger partial charge in [0.2, 0.25) is 5.91 Å². The lowest BCUT2D eigenvalue weighted by molar-refractivity contribution is -0.119. The van der Waals surface area contributed by atoms with Gasteiger partial charge in [-0.15, -0.1) is 0 Å². The number of fused-ring (bicyclic) bond motifs is 1. The summed E-state index contributed by atoms with van der Waals surface area (Å²) in [6.07, 6.45) is 7.06. The Balaban J connectivity index is 1.14. The first-order valence-corrected chi connectivity index (χ1v) is 14.5. The van der Waals surface area contributed by atoms with E-state index in [-0.39, 0.29) is 0 Å². The highest BCUT2D eigenvalue weighted by atomic mass is 32.2. The number of unbranched alkanes of at least 4 members (excludes halogenated alkanes) is 1. The van der Waals surface area contributed by atoms with Gasteiger partial charge in [0.15, 0.2) is 0 Å². The molecule has 1 N–H and O–H groups in total. The number of ether oxygens (including phenoxy) is 2. The van der Waals surface area contributed by atoms with Crippen LogP contribution in [0.25, 0.3) is 11.0 Å². The Bertz CT molecular complexity index is 1490. The van der Waals surface area contributed by atoms with E-state index in [0.29, 0.717) is 30.9 Å². The highest BCUT2D eigenvalue weighted by Gasteiger charge is 2.33. The van der Waals surface area contributed by atoms with Gasteiger partial charge in [0.25, 0.3) is 5.24 Å². The van der Waals surface area contributed by atoms with Gasteiger partial charge in [-0.2, -0.15) is 0 Å². The summed E-state index contributed by atoms with van der Waals surface area (Å²) in [5.74, 6) is 0.224. The molecule has 1 aromatic heterocycles. The maximum absolute atomic E-state index is 14.1. The van der Waals surface area contributed by atoms with Crippen LogP contribution in [0.4, 0.5) is 9.18 Å². The minimum absolute atomic E-state index is 0.334. The first kappa shape index (κ1) is 27.8. The van der Waals surface area contributed by atoms with E-state index in [0.717, 1.165) is 66.1 Å². The fraction of sp³-hybridized carbons (Fsp3) is 0.312. The van der Waals surface area contributed by atoms with Crippen LogP contribution in [-0.4, -0.2) is 24.4 Å². The smallest absolute Gasteiger partial charge is 0.286 e. The Hall–Kier alpha value is -3.78. The summed E-state index contributed by atoms with van der Waals surface area (Å²) in [4.78, 5) is 23.4. The number of benzene rings is 3. The zero-order valence-corrected chi connectivity index (χ0v) is 23.2.